The Labute approximate surface area is 151 Å². The van der Waals surface area contributed by atoms with E-state index < -0.39 is 5.92 Å². The molecule has 0 radical (unpaired) electrons. The molecule has 2 aliphatic rings. The van der Waals surface area contributed by atoms with Crippen LogP contribution in [0.5, 0.6) is 5.75 Å². The van der Waals surface area contributed by atoms with E-state index in [-0.39, 0.29) is 23.7 Å². The highest BCUT2D eigenvalue weighted by molar-refractivity contribution is 6.01. The summed E-state index contributed by atoms with van der Waals surface area (Å²) in [7, 11) is 1.59. The summed E-state index contributed by atoms with van der Waals surface area (Å²) in [5, 5.41) is 10.1. The Morgan fingerprint density at radius 1 is 1.46 bits per heavy atom. The minimum Gasteiger partial charge on any atom is -0.497 e. The number of fused-ring (bicyclic) bond motifs is 1. The number of ether oxygens (including phenoxy) is 1. The number of hydrogen-bond donors (Lipinski definition) is 2. The Morgan fingerprint density at radius 2 is 2.31 bits per heavy atom. The van der Waals surface area contributed by atoms with Crippen LogP contribution in [-0.2, 0) is 16.1 Å². The maximum absolute atomic E-state index is 12.8. The van der Waals surface area contributed by atoms with Gasteiger partial charge in [0.15, 0.2) is 0 Å². The fourth-order valence-electron chi connectivity index (χ4n) is 3.50. The Morgan fingerprint density at radius 3 is 3.00 bits per heavy atom. The van der Waals surface area contributed by atoms with Gasteiger partial charge in [-0.05, 0) is 42.7 Å². The highest BCUT2D eigenvalue weighted by Gasteiger charge is 2.44. The Balaban J connectivity index is 1.46. The first kappa shape index (κ1) is 16.6. The molecule has 1 fully saturated rings. The van der Waals surface area contributed by atoms with Crippen molar-refractivity contribution in [1.29, 1.82) is 0 Å². The number of methoxy groups -OCH3 is 1. The number of nitrogens with one attached hydrogen (secondary N) is 2. The molecule has 0 unspecified atom stereocenters. The van der Waals surface area contributed by atoms with Crippen molar-refractivity contribution in [2.75, 3.05) is 19.0 Å². The lowest BCUT2D eigenvalue weighted by Crippen LogP contribution is -2.38. The molecule has 2 heterocycles. The van der Waals surface area contributed by atoms with E-state index in [1.807, 2.05) is 23.0 Å². The molecular formula is C19H22N4O3. The van der Waals surface area contributed by atoms with Gasteiger partial charge in [0.1, 0.15) is 5.75 Å². The summed E-state index contributed by atoms with van der Waals surface area (Å²) in [4.78, 5) is 24.8. The topological polar surface area (TPSA) is 85.2 Å². The molecular weight excluding hydrogens is 332 g/mol. The first-order valence-corrected chi connectivity index (χ1v) is 8.81. The fourth-order valence-corrected chi connectivity index (χ4v) is 3.50. The second-order valence-electron chi connectivity index (χ2n) is 7.18. The van der Waals surface area contributed by atoms with E-state index >= 15 is 0 Å². The standard InChI is InChI=1S/C19H22N4O3/c1-26-13-3-4-16-14(9-13)15(10-17(24)22-16)18(25)20-11-19(5-6-19)12-23-8-2-7-21-23/h2-4,7-9,15H,5-6,10-12H2,1H3,(H,20,25)(H,22,24)/t15-/m1/s1. The van der Waals surface area contributed by atoms with Gasteiger partial charge in [0.2, 0.25) is 11.8 Å². The number of benzene rings is 1. The molecule has 1 aliphatic heterocycles. The van der Waals surface area contributed by atoms with Crippen molar-refractivity contribution in [3.8, 4) is 5.75 Å². The van der Waals surface area contributed by atoms with Crippen molar-refractivity contribution in [1.82, 2.24) is 15.1 Å². The monoisotopic (exact) mass is 354 g/mol. The van der Waals surface area contributed by atoms with E-state index in [1.54, 1.807) is 25.4 Å². The van der Waals surface area contributed by atoms with E-state index in [9.17, 15) is 9.59 Å². The van der Waals surface area contributed by atoms with E-state index in [4.69, 9.17) is 4.74 Å². The van der Waals surface area contributed by atoms with Gasteiger partial charge in [-0.1, -0.05) is 0 Å². The lowest BCUT2D eigenvalue weighted by molar-refractivity contribution is -0.126. The molecule has 2 aromatic rings. The smallest absolute Gasteiger partial charge is 0.228 e. The summed E-state index contributed by atoms with van der Waals surface area (Å²) in [6.07, 6.45) is 6.00. The van der Waals surface area contributed by atoms with Crippen LogP contribution in [0.4, 0.5) is 5.69 Å². The molecule has 136 valence electrons. The summed E-state index contributed by atoms with van der Waals surface area (Å²) in [6.45, 7) is 1.40. The summed E-state index contributed by atoms with van der Waals surface area (Å²) in [5.41, 5.74) is 1.56. The molecule has 7 heteroatoms. The molecule has 2 N–H and O–H groups in total. The molecule has 0 saturated heterocycles. The van der Waals surface area contributed by atoms with Gasteiger partial charge in [-0.3, -0.25) is 14.3 Å². The molecule has 1 aliphatic carbocycles. The van der Waals surface area contributed by atoms with Gasteiger partial charge in [0, 0.05) is 43.0 Å². The molecule has 4 rings (SSSR count). The number of aromatic nitrogens is 2. The van der Waals surface area contributed by atoms with Crippen molar-refractivity contribution in [2.45, 2.75) is 31.7 Å². The quantitative estimate of drug-likeness (QED) is 0.830. The van der Waals surface area contributed by atoms with Crippen molar-refractivity contribution in [2.24, 2.45) is 5.41 Å². The molecule has 26 heavy (non-hydrogen) atoms. The number of amides is 2. The van der Waals surface area contributed by atoms with Crippen LogP contribution >= 0.6 is 0 Å². The van der Waals surface area contributed by atoms with E-state index in [1.165, 1.54) is 0 Å². The van der Waals surface area contributed by atoms with Crippen LogP contribution in [0.25, 0.3) is 0 Å². The highest BCUT2D eigenvalue weighted by atomic mass is 16.5. The first-order valence-electron chi connectivity index (χ1n) is 8.81. The third kappa shape index (κ3) is 3.29. The highest BCUT2D eigenvalue weighted by Crippen LogP contribution is 2.46. The summed E-state index contributed by atoms with van der Waals surface area (Å²) in [6, 6.07) is 7.30. The molecule has 1 atom stereocenters. The third-order valence-corrected chi connectivity index (χ3v) is 5.27. The molecule has 7 nitrogen and oxygen atoms in total. The number of hydrogen-bond acceptors (Lipinski definition) is 4. The molecule has 0 bridgehead atoms. The Bertz CT molecular complexity index is 827. The zero-order valence-corrected chi connectivity index (χ0v) is 14.7. The molecule has 1 aromatic carbocycles. The lowest BCUT2D eigenvalue weighted by Gasteiger charge is -2.26. The van der Waals surface area contributed by atoms with Crippen LogP contribution in [0.3, 0.4) is 0 Å². The summed E-state index contributed by atoms with van der Waals surface area (Å²) in [5.74, 6) is -0.0639. The van der Waals surface area contributed by atoms with Gasteiger partial charge < -0.3 is 15.4 Å². The number of nitrogens with zero attached hydrogens (tertiary/aromatic N) is 2. The fraction of sp³-hybridized carbons (Fsp3) is 0.421. The Hall–Kier alpha value is -2.83. The van der Waals surface area contributed by atoms with Gasteiger partial charge in [-0.25, -0.2) is 0 Å². The molecule has 2 amide bonds. The van der Waals surface area contributed by atoms with Gasteiger partial charge in [-0.15, -0.1) is 0 Å². The SMILES string of the molecule is COc1ccc2c(c1)[C@H](C(=O)NCC1(Cn3cccn3)CC1)CC(=O)N2. The normalized spacial score (nSPS) is 20.0. The zero-order valence-electron chi connectivity index (χ0n) is 14.7. The second kappa shape index (κ2) is 6.48. The van der Waals surface area contributed by atoms with Gasteiger partial charge in [-0.2, -0.15) is 5.10 Å². The van der Waals surface area contributed by atoms with Crippen LogP contribution in [0.15, 0.2) is 36.7 Å². The van der Waals surface area contributed by atoms with Gasteiger partial charge in [0.25, 0.3) is 0 Å². The maximum Gasteiger partial charge on any atom is 0.228 e. The Kier molecular flexibility index (Phi) is 4.14. The second-order valence-corrected chi connectivity index (χ2v) is 7.18. The number of rotatable bonds is 6. The van der Waals surface area contributed by atoms with Crippen molar-refractivity contribution >= 4 is 17.5 Å². The largest absolute Gasteiger partial charge is 0.497 e. The number of carbonyl (C=O) groups excluding carboxylic acids is 2. The number of anilines is 1. The van der Waals surface area contributed by atoms with E-state index in [2.05, 4.69) is 15.7 Å². The van der Waals surface area contributed by atoms with Crippen molar-refractivity contribution in [3.05, 3.63) is 42.2 Å². The van der Waals surface area contributed by atoms with Gasteiger partial charge in [0.05, 0.1) is 13.0 Å². The van der Waals surface area contributed by atoms with Crippen LogP contribution in [0, 0.1) is 5.41 Å². The minimum absolute atomic E-state index is 0.0792. The molecule has 1 aromatic heterocycles. The number of carbonyl (C=O) groups is 2. The van der Waals surface area contributed by atoms with E-state index in [0.29, 0.717) is 18.0 Å². The predicted octanol–water partition coefficient (Wildman–Crippen LogP) is 1.91. The molecule has 0 spiro atoms. The maximum atomic E-state index is 12.8. The van der Waals surface area contributed by atoms with Gasteiger partial charge >= 0.3 is 0 Å². The van der Waals surface area contributed by atoms with Crippen molar-refractivity contribution < 1.29 is 14.3 Å². The van der Waals surface area contributed by atoms with Crippen LogP contribution in [-0.4, -0.2) is 35.2 Å². The van der Waals surface area contributed by atoms with Crippen molar-refractivity contribution in [3.63, 3.8) is 0 Å². The minimum atomic E-state index is -0.491. The third-order valence-electron chi connectivity index (χ3n) is 5.27. The van der Waals surface area contributed by atoms with E-state index in [0.717, 1.165) is 24.9 Å². The lowest BCUT2D eigenvalue weighted by atomic mass is 9.89. The first-order chi connectivity index (χ1) is 12.6. The van der Waals surface area contributed by atoms with Crippen LogP contribution in [0.2, 0.25) is 0 Å². The average Bonchev–Trinajstić information content (AvgIpc) is 3.21. The summed E-state index contributed by atoms with van der Waals surface area (Å²) < 4.78 is 7.17. The van der Waals surface area contributed by atoms with Crippen LogP contribution < -0.4 is 15.4 Å². The zero-order chi connectivity index (χ0) is 18.1. The van der Waals surface area contributed by atoms with Crippen LogP contribution in [0.1, 0.15) is 30.7 Å². The predicted molar refractivity (Wildman–Crippen MR) is 95.9 cm³/mol. The molecule has 1 saturated carbocycles. The average molecular weight is 354 g/mol. The summed E-state index contributed by atoms with van der Waals surface area (Å²) >= 11 is 0.